The minimum Gasteiger partial charge on any atom is -0.497 e. The maximum Gasteiger partial charge on any atom is 0.253 e. The monoisotopic (exact) mass is 594 g/mol. The van der Waals surface area contributed by atoms with Crippen molar-refractivity contribution in [1.29, 1.82) is 0 Å². The summed E-state index contributed by atoms with van der Waals surface area (Å²) in [5, 5.41) is 3.44. The number of imide groups is 2. The summed E-state index contributed by atoms with van der Waals surface area (Å²) in [7, 11) is 3.07. The van der Waals surface area contributed by atoms with Crippen molar-refractivity contribution in [2.24, 2.45) is 11.8 Å². The molecule has 12 heteroatoms. The number of furan rings is 2. The molecule has 0 radical (unpaired) electrons. The first-order valence-corrected chi connectivity index (χ1v) is 14.1. The summed E-state index contributed by atoms with van der Waals surface area (Å²) in [6, 6.07) is 16.4. The number of rotatable bonds is 6. The van der Waals surface area contributed by atoms with Gasteiger partial charge in [0.05, 0.1) is 62.0 Å². The highest BCUT2D eigenvalue weighted by Crippen LogP contribution is 2.59. The van der Waals surface area contributed by atoms with Gasteiger partial charge in [0, 0.05) is 0 Å². The first-order chi connectivity index (χ1) is 21.4. The number of nitrogens with zero attached hydrogens (tertiary/aromatic N) is 4. The summed E-state index contributed by atoms with van der Waals surface area (Å²) in [6.45, 7) is 0. The van der Waals surface area contributed by atoms with Crippen molar-refractivity contribution >= 4 is 35.0 Å². The van der Waals surface area contributed by atoms with Crippen molar-refractivity contribution in [3.8, 4) is 11.5 Å². The molecule has 6 heterocycles. The molecule has 4 aromatic rings. The fourth-order valence-electron chi connectivity index (χ4n) is 7.28. The van der Waals surface area contributed by atoms with Crippen LogP contribution in [0.2, 0.25) is 0 Å². The molecule has 4 amide bonds. The van der Waals surface area contributed by atoms with Crippen LogP contribution >= 0.6 is 0 Å². The number of fused-ring (bicyclic) bond motifs is 5. The zero-order valence-corrected chi connectivity index (χ0v) is 23.6. The number of amides is 4. The van der Waals surface area contributed by atoms with Crippen molar-refractivity contribution in [2.45, 2.75) is 24.2 Å². The molecular weight excluding hydrogens is 568 g/mol. The summed E-state index contributed by atoms with van der Waals surface area (Å²) in [4.78, 5) is 59.4. The van der Waals surface area contributed by atoms with Gasteiger partial charge in [-0.25, -0.2) is 19.8 Å². The molecule has 0 aliphatic carbocycles. The first kappa shape index (κ1) is 26.4. The lowest BCUT2D eigenvalue weighted by Crippen LogP contribution is -2.50. The van der Waals surface area contributed by atoms with E-state index in [-0.39, 0.29) is 0 Å². The Labute approximate surface area is 250 Å². The van der Waals surface area contributed by atoms with E-state index in [2.05, 4.69) is 0 Å². The number of hydrogen-bond donors (Lipinski definition) is 0. The summed E-state index contributed by atoms with van der Waals surface area (Å²) in [5.41, 5.74) is 0.790. The molecule has 2 aromatic heterocycles. The molecule has 0 unspecified atom stereocenters. The molecule has 8 rings (SSSR count). The van der Waals surface area contributed by atoms with Crippen LogP contribution in [0.3, 0.4) is 0 Å². The van der Waals surface area contributed by atoms with Gasteiger partial charge in [0.2, 0.25) is 11.8 Å². The third-order valence-electron chi connectivity index (χ3n) is 9.06. The molecule has 44 heavy (non-hydrogen) atoms. The minimum atomic E-state index is -1.02. The Kier molecular flexibility index (Phi) is 5.80. The minimum absolute atomic E-state index is 0.395. The maximum atomic E-state index is 14.3. The van der Waals surface area contributed by atoms with Crippen molar-refractivity contribution in [3.63, 3.8) is 0 Å². The Bertz CT molecular complexity index is 1640. The van der Waals surface area contributed by atoms with Gasteiger partial charge >= 0.3 is 0 Å². The average molecular weight is 595 g/mol. The van der Waals surface area contributed by atoms with Crippen LogP contribution in [-0.2, 0) is 19.2 Å². The molecule has 12 nitrogen and oxygen atoms in total. The summed E-state index contributed by atoms with van der Waals surface area (Å²) in [6.07, 6.45) is 2.97. The third-order valence-corrected chi connectivity index (χ3v) is 9.06. The fourth-order valence-corrected chi connectivity index (χ4v) is 7.28. The molecule has 4 fully saturated rings. The Morgan fingerprint density at radius 3 is 1.23 bits per heavy atom. The summed E-state index contributed by atoms with van der Waals surface area (Å²) >= 11 is 0. The van der Waals surface area contributed by atoms with E-state index in [0.717, 1.165) is 0 Å². The highest BCUT2D eigenvalue weighted by atomic mass is 16.5. The van der Waals surface area contributed by atoms with Crippen molar-refractivity contribution in [2.75, 3.05) is 24.0 Å². The molecule has 0 spiro atoms. The Hall–Kier alpha value is -5.20. The van der Waals surface area contributed by atoms with Gasteiger partial charge in [0.1, 0.15) is 35.1 Å². The molecule has 4 aliphatic rings. The predicted octanol–water partition coefficient (Wildman–Crippen LogP) is 3.33. The molecule has 0 N–H and O–H groups in total. The van der Waals surface area contributed by atoms with Gasteiger partial charge in [0.25, 0.3) is 11.8 Å². The average Bonchev–Trinajstić information content (AvgIpc) is 3.88. The standard InChI is InChI=1S/C32H26N4O8/c1-41-19-11-7-17(8-12-19)33-29(37)23-25(21-5-3-15-43-21)36-28-24(26(22-6-4-16-44-22)35(36)27(23)31(33)39)30(38)34(32(28)40)18-9-13-20(42-2)14-10-18/h3-16,23-28H,1-2H3/t23-,24-,25+,26+,27+,28+/m0/s1. The molecule has 222 valence electrons. The smallest absolute Gasteiger partial charge is 0.253 e. The maximum absolute atomic E-state index is 14.3. The number of methoxy groups -OCH3 is 2. The van der Waals surface area contributed by atoms with Crippen LogP contribution in [0.4, 0.5) is 11.4 Å². The number of hydrazine groups is 1. The second kappa shape index (κ2) is 9.66. The van der Waals surface area contributed by atoms with Crippen LogP contribution < -0.4 is 19.3 Å². The number of benzene rings is 2. The van der Waals surface area contributed by atoms with E-state index in [1.54, 1.807) is 82.8 Å². The lowest BCUT2D eigenvalue weighted by Gasteiger charge is -2.34. The SMILES string of the molecule is COc1ccc(N2C(=O)[C@H]3[C@@H](c4ccco4)N4[C@H]5C(=O)N(c6ccc(OC)cc6)C(=O)[C@H]5[C@@H](c5ccco5)N4[C@H]3C2=O)cc1. The van der Waals surface area contributed by atoms with Gasteiger partial charge in [-0.15, -0.1) is 0 Å². The molecule has 4 saturated heterocycles. The van der Waals surface area contributed by atoms with Gasteiger partial charge in [-0.2, -0.15) is 0 Å². The van der Waals surface area contributed by atoms with E-state index in [9.17, 15) is 19.2 Å². The van der Waals surface area contributed by atoms with E-state index in [1.165, 1.54) is 36.5 Å². The molecule has 2 aromatic carbocycles. The fraction of sp³-hybridized carbons (Fsp3) is 0.250. The predicted molar refractivity (Wildman–Crippen MR) is 152 cm³/mol. The van der Waals surface area contributed by atoms with Crippen molar-refractivity contribution in [3.05, 3.63) is 96.8 Å². The van der Waals surface area contributed by atoms with Crippen LogP contribution in [-0.4, -0.2) is 59.9 Å². The number of carbonyl (C=O) groups excluding carboxylic acids is 4. The van der Waals surface area contributed by atoms with Crippen LogP contribution in [0.5, 0.6) is 11.5 Å². The molecule has 0 saturated carbocycles. The normalized spacial score (nSPS) is 28.1. The summed E-state index contributed by atoms with van der Waals surface area (Å²) in [5.74, 6) is -1.67. The van der Waals surface area contributed by atoms with E-state index >= 15 is 0 Å². The Morgan fingerprint density at radius 2 is 0.909 bits per heavy atom. The van der Waals surface area contributed by atoms with Gasteiger partial charge in [-0.05, 0) is 72.8 Å². The van der Waals surface area contributed by atoms with E-state index in [4.69, 9.17) is 18.3 Å². The van der Waals surface area contributed by atoms with E-state index in [0.29, 0.717) is 34.4 Å². The largest absolute Gasteiger partial charge is 0.497 e. The molecule has 4 aliphatic heterocycles. The second-order valence-electron chi connectivity index (χ2n) is 11.0. The molecule has 6 atom stereocenters. The number of ether oxygens (including phenoxy) is 2. The van der Waals surface area contributed by atoms with Crippen molar-refractivity contribution in [1.82, 2.24) is 10.0 Å². The van der Waals surface area contributed by atoms with Gasteiger partial charge < -0.3 is 18.3 Å². The summed E-state index contributed by atoms with van der Waals surface area (Å²) < 4.78 is 22.2. The zero-order valence-electron chi connectivity index (χ0n) is 23.6. The highest BCUT2D eigenvalue weighted by Gasteiger charge is 2.74. The van der Waals surface area contributed by atoms with E-state index < -0.39 is 59.6 Å². The second-order valence-corrected chi connectivity index (χ2v) is 11.0. The van der Waals surface area contributed by atoms with Gasteiger partial charge in [-0.1, -0.05) is 0 Å². The first-order valence-electron chi connectivity index (χ1n) is 14.1. The van der Waals surface area contributed by atoms with E-state index in [1.807, 2.05) is 0 Å². The quantitative estimate of drug-likeness (QED) is 0.307. The lowest BCUT2D eigenvalue weighted by molar-refractivity contribution is -0.136. The Morgan fingerprint density at radius 1 is 0.523 bits per heavy atom. The van der Waals surface area contributed by atoms with Gasteiger partial charge in [-0.3, -0.25) is 19.2 Å². The highest BCUT2D eigenvalue weighted by molar-refractivity contribution is 6.26. The number of carbonyl (C=O) groups is 4. The van der Waals surface area contributed by atoms with Crippen LogP contribution in [0.15, 0.2) is 94.2 Å². The zero-order chi connectivity index (χ0) is 30.3. The molecule has 0 bridgehead atoms. The van der Waals surface area contributed by atoms with Crippen LogP contribution in [0.1, 0.15) is 23.6 Å². The van der Waals surface area contributed by atoms with Gasteiger partial charge in [0.15, 0.2) is 0 Å². The number of anilines is 2. The van der Waals surface area contributed by atoms with Crippen LogP contribution in [0, 0.1) is 11.8 Å². The lowest BCUT2D eigenvalue weighted by atomic mass is 9.87. The van der Waals surface area contributed by atoms with Crippen LogP contribution in [0.25, 0.3) is 0 Å². The van der Waals surface area contributed by atoms with Crippen molar-refractivity contribution < 1.29 is 37.5 Å². The molecular formula is C32H26N4O8. The Balaban J connectivity index is 1.27. The number of hydrogen-bond acceptors (Lipinski definition) is 10. The topological polar surface area (TPSA) is 126 Å². The third kappa shape index (κ3) is 3.46.